The molecule has 20 heavy (non-hydrogen) atoms. The molecule has 1 atom stereocenters. The van der Waals surface area contributed by atoms with Crippen molar-refractivity contribution in [3.05, 3.63) is 0 Å². The van der Waals surface area contributed by atoms with Crippen LogP contribution in [0.2, 0.25) is 0 Å². The molecule has 7 heteroatoms. The third kappa shape index (κ3) is 5.85. The SMILES string of the molecule is COCCNCCNC(=O)C1CC(=O)N(CCOC)C1. The van der Waals surface area contributed by atoms with E-state index >= 15 is 0 Å². The van der Waals surface area contributed by atoms with Crippen LogP contribution in [-0.2, 0) is 19.1 Å². The lowest BCUT2D eigenvalue weighted by molar-refractivity contribution is -0.129. The number of nitrogens with zero attached hydrogens (tertiary/aromatic N) is 1. The maximum absolute atomic E-state index is 11.9. The largest absolute Gasteiger partial charge is 0.383 e. The number of carbonyl (C=O) groups is 2. The van der Waals surface area contributed by atoms with Gasteiger partial charge in [-0.2, -0.15) is 0 Å². The maximum Gasteiger partial charge on any atom is 0.225 e. The van der Waals surface area contributed by atoms with Crippen LogP contribution in [0.25, 0.3) is 0 Å². The minimum Gasteiger partial charge on any atom is -0.383 e. The normalized spacial score (nSPS) is 18.6. The van der Waals surface area contributed by atoms with E-state index in [4.69, 9.17) is 9.47 Å². The molecule has 1 unspecified atom stereocenters. The fourth-order valence-corrected chi connectivity index (χ4v) is 2.08. The lowest BCUT2D eigenvalue weighted by Crippen LogP contribution is -2.37. The molecule has 1 saturated heterocycles. The van der Waals surface area contributed by atoms with Gasteiger partial charge in [0, 0.05) is 53.4 Å². The van der Waals surface area contributed by atoms with Gasteiger partial charge in [0.1, 0.15) is 0 Å². The van der Waals surface area contributed by atoms with E-state index in [1.54, 1.807) is 19.1 Å². The Kier molecular flexibility index (Phi) is 8.17. The molecule has 2 N–H and O–H groups in total. The number of methoxy groups -OCH3 is 2. The van der Waals surface area contributed by atoms with Crippen LogP contribution in [0, 0.1) is 5.92 Å². The van der Waals surface area contributed by atoms with Crippen molar-refractivity contribution in [1.29, 1.82) is 0 Å². The summed E-state index contributed by atoms with van der Waals surface area (Å²) in [6.45, 7) is 4.22. The number of ether oxygens (including phenoxy) is 2. The van der Waals surface area contributed by atoms with Crippen LogP contribution in [0.15, 0.2) is 0 Å². The molecule has 0 saturated carbocycles. The molecule has 1 fully saturated rings. The van der Waals surface area contributed by atoms with E-state index in [0.29, 0.717) is 45.8 Å². The van der Waals surface area contributed by atoms with Gasteiger partial charge in [-0.15, -0.1) is 0 Å². The summed E-state index contributed by atoms with van der Waals surface area (Å²) >= 11 is 0. The van der Waals surface area contributed by atoms with Crippen molar-refractivity contribution in [1.82, 2.24) is 15.5 Å². The van der Waals surface area contributed by atoms with Gasteiger partial charge >= 0.3 is 0 Å². The molecule has 0 aromatic rings. The van der Waals surface area contributed by atoms with Crippen molar-refractivity contribution in [3.63, 3.8) is 0 Å². The molecule has 1 heterocycles. The van der Waals surface area contributed by atoms with Crippen molar-refractivity contribution in [2.45, 2.75) is 6.42 Å². The lowest BCUT2D eigenvalue weighted by Gasteiger charge is -2.15. The molecule has 1 rings (SSSR count). The Bertz CT molecular complexity index is 312. The number of carbonyl (C=O) groups excluding carboxylic acids is 2. The highest BCUT2D eigenvalue weighted by Gasteiger charge is 2.33. The van der Waals surface area contributed by atoms with E-state index in [1.165, 1.54) is 0 Å². The Balaban J connectivity index is 2.16. The van der Waals surface area contributed by atoms with Gasteiger partial charge in [0.25, 0.3) is 0 Å². The fourth-order valence-electron chi connectivity index (χ4n) is 2.08. The molecule has 0 radical (unpaired) electrons. The van der Waals surface area contributed by atoms with Gasteiger partial charge in [-0.3, -0.25) is 9.59 Å². The quantitative estimate of drug-likeness (QED) is 0.495. The summed E-state index contributed by atoms with van der Waals surface area (Å²) < 4.78 is 9.85. The molecular formula is C13H25N3O4. The van der Waals surface area contributed by atoms with Crippen LogP contribution < -0.4 is 10.6 Å². The van der Waals surface area contributed by atoms with Gasteiger partial charge in [-0.1, -0.05) is 0 Å². The van der Waals surface area contributed by atoms with Crippen molar-refractivity contribution in [2.24, 2.45) is 5.92 Å². The van der Waals surface area contributed by atoms with Crippen LogP contribution in [0.4, 0.5) is 0 Å². The molecule has 1 aliphatic heterocycles. The van der Waals surface area contributed by atoms with Crippen LogP contribution in [0.3, 0.4) is 0 Å². The van der Waals surface area contributed by atoms with Gasteiger partial charge in [0.2, 0.25) is 11.8 Å². The Hall–Kier alpha value is -1.18. The first-order valence-electron chi connectivity index (χ1n) is 6.93. The second-order valence-electron chi connectivity index (χ2n) is 4.77. The van der Waals surface area contributed by atoms with Gasteiger partial charge < -0.3 is 25.0 Å². The van der Waals surface area contributed by atoms with Crippen molar-refractivity contribution >= 4 is 11.8 Å². The zero-order chi connectivity index (χ0) is 14.8. The average Bonchev–Trinajstić information content (AvgIpc) is 2.81. The molecule has 0 aromatic heterocycles. The van der Waals surface area contributed by atoms with E-state index in [0.717, 1.165) is 6.54 Å². The van der Waals surface area contributed by atoms with Crippen LogP contribution >= 0.6 is 0 Å². The second-order valence-corrected chi connectivity index (χ2v) is 4.77. The monoisotopic (exact) mass is 287 g/mol. The number of amides is 2. The summed E-state index contributed by atoms with van der Waals surface area (Å²) in [5, 5.41) is 5.99. The molecule has 2 amide bonds. The van der Waals surface area contributed by atoms with E-state index in [9.17, 15) is 9.59 Å². The Morgan fingerprint density at radius 2 is 2.00 bits per heavy atom. The third-order valence-electron chi connectivity index (χ3n) is 3.23. The molecule has 1 aliphatic rings. The maximum atomic E-state index is 11.9. The lowest BCUT2D eigenvalue weighted by atomic mass is 10.1. The van der Waals surface area contributed by atoms with Crippen LogP contribution in [0.1, 0.15) is 6.42 Å². The van der Waals surface area contributed by atoms with Gasteiger partial charge in [0.05, 0.1) is 19.1 Å². The zero-order valence-corrected chi connectivity index (χ0v) is 12.3. The Morgan fingerprint density at radius 3 is 2.70 bits per heavy atom. The Morgan fingerprint density at radius 1 is 1.25 bits per heavy atom. The first-order valence-corrected chi connectivity index (χ1v) is 6.93. The Labute approximate surface area is 120 Å². The van der Waals surface area contributed by atoms with E-state index < -0.39 is 0 Å². The highest BCUT2D eigenvalue weighted by molar-refractivity contribution is 5.89. The minimum absolute atomic E-state index is 0.0282. The minimum atomic E-state index is -0.238. The van der Waals surface area contributed by atoms with Gasteiger partial charge in [-0.05, 0) is 0 Å². The molecule has 0 aromatic carbocycles. The average molecular weight is 287 g/mol. The molecular weight excluding hydrogens is 262 g/mol. The fraction of sp³-hybridized carbons (Fsp3) is 0.846. The van der Waals surface area contributed by atoms with Crippen LogP contribution in [0.5, 0.6) is 0 Å². The number of nitrogens with one attached hydrogen (secondary N) is 2. The van der Waals surface area contributed by atoms with E-state index in [-0.39, 0.29) is 17.7 Å². The number of rotatable bonds is 10. The summed E-state index contributed by atoms with van der Waals surface area (Å²) in [6, 6.07) is 0. The van der Waals surface area contributed by atoms with Gasteiger partial charge in [0.15, 0.2) is 0 Å². The summed E-state index contributed by atoms with van der Waals surface area (Å²) in [4.78, 5) is 25.3. The number of likely N-dealkylation sites (tertiary alicyclic amines) is 1. The highest BCUT2D eigenvalue weighted by Crippen LogP contribution is 2.17. The topological polar surface area (TPSA) is 79.9 Å². The van der Waals surface area contributed by atoms with Crippen LogP contribution in [-0.4, -0.2) is 76.9 Å². The van der Waals surface area contributed by atoms with Crippen molar-refractivity contribution < 1.29 is 19.1 Å². The van der Waals surface area contributed by atoms with Crippen molar-refractivity contribution in [2.75, 3.05) is 60.2 Å². The second kappa shape index (κ2) is 9.68. The summed E-state index contributed by atoms with van der Waals surface area (Å²) in [5.74, 6) is -0.259. The standard InChI is InChI=1S/C13H25N3O4/c1-19-7-5-14-3-4-15-13(18)11-9-12(17)16(10-11)6-8-20-2/h11,14H,3-10H2,1-2H3,(H,15,18). The molecule has 0 spiro atoms. The molecule has 0 bridgehead atoms. The highest BCUT2D eigenvalue weighted by atomic mass is 16.5. The predicted octanol–water partition coefficient (Wildman–Crippen LogP) is -1.17. The van der Waals surface area contributed by atoms with E-state index in [1.807, 2.05) is 0 Å². The van der Waals surface area contributed by atoms with Crippen molar-refractivity contribution in [3.8, 4) is 0 Å². The molecule has 116 valence electrons. The zero-order valence-electron chi connectivity index (χ0n) is 12.3. The summed E-state index contributed by atoms with van der Waals surface area (Å²) in [7, 11) is 3.25. The van der Waals surface area contributed by atoms with Gasteiger partial charge in [-0.25, -0.2) is 0 Å². The first kappa shape index (κ1) is 16.9. The first-order chi connectivity index (χ1) is 9.69. The third-order valence-corrected chi connectivity index (χ3v) is 3.23. The predicted molar refractivity (Wildman–Crippen MR) is 74.3 cm³/mol. The number of hydrogen-bond acceptors (Lipinski definition) is 5. The molecule has 0 aliphatic carbocycles. The summed E-state index contributed by atoms with van der Waals surface area (Å²) in [5.41, 5.74) is 0. The molecule has 7 nitrogen and oxygen atoms in total. The van der Waals surface area contributed by atoms with E-state index in [2.05, 4.69) is 10.6 Å². The number of hydrogen-bond donors (Lipinski definition) is 2. The summed E-state index contributed by atoms with van der Waals surface area (Å²) in [6.07, 6.45) is 0.298. The smallest absolute Gasteiger partial charge is 0.225 e.